The van der Waals surface area contributed by atoms with Gasteiger partial charge >= 0.3 is 0 Å². The highest BCUT2D eigenvalue weighted by Crippen LogP contribution is 2.37. The topological polar surface area (TPSA) is 73.6 Å². The number of rotatable bonds is 2. The first-order valence-corrected chi connectivity index (χ1v) is 8.03. The number of anilines is 1. The normalized spacial score (nSPS) is 9.96. The molecule has 0 saturated heterocycles. The van der Waals surface area contributed by atoms with Crippen molar-refractivity contribution >= 4 is 21.6 Å². The summed E-state index contributed by atoms with van der Waals surface area (Å²) in [6, 6.07) is 23.4. The predicted molar refractivity (Wildman–Crippen MR) is 98.9 cm³/mol. The Hall–Kier alpha value is -3.08. The summed E-state index contributed by atoms with van der Waals surface area (Å²) in [6.45, 7) is 0. The van der Waals surface area contributed by atoms with Gasteiger partial charge in [-0.2, -0.15) is 10.5 Å². The van der Waals surface area contributed by atoms with Gasteiger partial charge in [0.2, 0.25) is 0 Å². The van der Waals surface area contributed by atoms with Crippen LogP contribution in [0.15, 0.2) is 65.1 Å². The molecule has 0 fully saturated rings. The fourth-order valence-corrected chi connectivity index (χ4v) is 3.07. The molecule has 3 aromatic rings. The second-order valence-electron chi connectivity index (χ2n) is 5.24. The molecule has 0 heterocycles. The van der Waals surface area contributed by atoms with Crippen molar-refractivity contribution < 1.29 is 0 Å². The molecular weight excluding hydrogens is 362 g/mol. The largest absolute Gasteiger partial charge is 0.397 e. The first-order valence-electron chi connectivity index (χ1n) is 7.23. The smallest absolute Gasteiger partial charge is 0.102 e. The first kappa shape index (κ1) is 15.8. The molecule has 0 bridgehead atoms. The summed E-state index contributed by atoms with van der Waals surface area (Å²) in [5.74, 6) is 0. The Bertz CT molecular complexity index is 996. The van der Waals surface area contributed by atoms with Crippen molar-refractivity contribution in [2.45, 2.75) is 0 Å². The van der Waals surface area contributed by atoms with Crippen molar-refractivity contribution in [3.05, 3.63) is 76.3 Å². The molecule has 3 aromatic carbocycles. The standard InChI is InChI=1S/C20H12BrN3/c21-15-8-4-7-14(9-15)17-10-16(13-5-2-1-3-6-13)18(11-22)20(24)19(17)12-23/h1-10H,24H2. The highest BCUT2D eigenvalue weighted by Gasteiger charge is 2.18. The number of benzene rings is 3. The maximum atomic E-state index is 9.56. The van der Waals surface area contributed by atoms with E-state index in [2.05, 4.69) is 28.1 Å². The maximum Gasteiger partial charge on any atom is 0.102 e. The van der Waals surface area contributed by atoms with Crippen LogP contribution < -0.4 is 5.73 Å². The van der Waals surface area contributed by atoms with Crippen LogP contribution in [0.4, 0.5) is 5.69 Å². The van der Waals surface area contributed by atoms with Crippen molar-refractivity contribution in [1.29, 1.82) is 10.5 Å². The van der Waals surface area contributed by atoms with Gasteiger partial charge in [-0.05, 0) is 29.3 Å². The van der Waals surface area contributed by atoms with Crippen molar-refractivity contribution in [3.63, 3.8) is 0 Å². The number of nitrogens with zero attached hydrogens (tertiary/aromatic N) is 2. The summed E-state index contributed by atoms with van der Waals surface area (Å²) in [7, 11) is 0. The lowest BCUT2D eigenvalue weighted by molar-refractivity contribution is 1.44. The van der Waals surface area contributed by atoms with Crippen LogP contribution in [0.3, 0.4) is 0 Å². The Morgan fingerprint density at radius 3 is 1.92 bits per heavy atom. The zero-order chi connectivity index (χ0) is 17.1. The fourth-order valence-electron chi connectivity index (χ4n) is 2.67. The van der Waals surface area contributed by atoms with Gasteiger partial charge < -0.3 is 5.73 Å². The quantitative estimate of drug-likeness (QED) is 0.634. The Balaban J connectivity index is 2.37. The lowest BCUT2D eigenvalue weighted by Gasteiger charge is -2.14. The molecule has 24 heavy (non-hydrogen) atoms. The molecule has 0 atom stereocenters. The van der Waals surface area contributed by atoms with Crippen LogP contribution in [0.1, 0.15) is 11.1 Å². The Morgan fingerprint density at radius 2 is 1.33 bits per heavy atom. The average Bonchev–Trinajstić information content (AvgIpc) is 2.61. The summed E-state index contributed by atoms with van der Waals surface area (Å²) in [5, 5.41) is 19.1. The van der Waals surface area contributed by atoms with Gasteiger partial charge in [-0.1, -0.05) is 58.4 Å². The van der Waals surface area contributed by atoms with Gasteiger partial charge in [0.05, 0.1) is 16.8 Å². The summed E-state index contributed by atoms with van der Waals surface area (Å²) in [6.07, 6.45) is 0. The zero-order valence-electron chi connectivity index (χ0n) is 12.6. The fraction of sp³-hybridized carbons (Fsp3) is 0. The van der Waals surface area contributed by atoms with E-state index in [9.17, 15) is 10.5 Å². The van der Waals surface area contributed by atoms with E-state index in [1.165, 1.54) is 0 Å². The summed E-state index contributed by atoms with van der Waals surface area (Å²) >= 11 is 3.45. The molecule has 0 unspecified atom stereocenters. The average molecular weight is 374 g/mol. The van der Waals surface area contributed by atoms with Crippen molar-refractivity contribution in [2.75, 3.05) is 5.73 Å². The third-order valence-corrected chi connectivity index (χ3v) is 4.30. The molecule has 0 aliphatic heterocycles. The second-order valence-corrected chi connectivity index (χ2v) is 6.15. The Kier molecular flexibility index (Phi) is 4.33. The van der Waals surface area contributed by atoms with E-state index in [4.69, 9.17) is 5.73 Å². The van der Waals surface area contributed by atoms with Crippen LogP contribution >= 0.6 is 15.9 Å². The van der Waals surface area contributed by atoms with Crippen LogP contribution in [0.2, 0.25) is 0 Å². The number of hydrogen-bond donors (Lipinski definition) is 1. The molecule has 4 heteroatoms. The third kappa shape index (κ3) is 2.76. The maximum absolute atomic E-state index is 9.56. The van der Waals surface area contributed by atoms with Crippen LogP contribution in [0.5, 0.6) is 0 Å². The number of hydrogen-bond acceptors (Lipinski definition) is 3. The molecule has 0 aromatic heterocycles. The number of halogens is 1. The van der Waals surface area contributed by atoms with Crippen molar-refractivity contribution in [1.82, 2.24) is 0 Å². The molecule has 3 rings (SSSR count). The summed E-state index contributed by atoms with van der Waals surface area (Å²) < 4.78 is 0.910. The van der Waals surface area contributed by atoms with Gasteiger partial charge in [-0.3, -0.25) is 0 Å². The van der Waals surface area contributed by atoms with Crippen LogP contribution in [0.25, 0.3) is 22.3 Å². The van der Waals surface area contributed by atoms with Crippen LogP contribution in [-0.4, -0.2) is 0 Å². The van der Waals surface area contributed by atoms with Gasteiger partial charge in [0.15, 0.2) is 0 Å². The van der Waals surface area contributed by atoms with Gasteiger partial charge in [-0.25, -0.2) is 0 Å². The molecule has 0 radical (unpaired) electrons. The van der Waals surface area contributed by atoms with E-state index in [0.29, 0.717) is 16.7 Å². The summed E-state index contributed by atoms with van der Waals surface area (Å²) in [5.41, 5.74) is 10.2. The zero-order valence-corrected chi connectivity index (χ0v) is 14.2. The third-order valence-electron chi connectivity index (χ3n) is 3.81. The second kappa shape index (κ2) is 6.58. The minimum absolute atomic E-state index is 0.219. The van der Waals surface area contributed by atoms with Gasteiger partial charge in [0.25, 0.3) is 0 Å². The SMILES string of the molecule is N#Cc1c(-c2ccccc2)cc(-c2cccc(Br)c2)c(C#N)c1N. The number of nitriles is 2. The molecule has 2 N–H and O–H groups in total. The van der Waals surface area contributed by atoms with Crippen molar-refractivity contribution in [3.8, 4) is 34.4 Å². The lowest BCUT2D eigenvalue weighted by Crippen LogP contribution is -2.00. The molecule has 0 amide bonds. The lowest BCUT2D eigenvalue weighted by atomic mass is 9.90. The van der Waals surface area contributed by atoms with Gasteiger partial charge in [-0.15, -0.1) is 0 Å². The van der Waals surface area contributed by atoms with E-state index in [1.54, 1.807) is 0 Å². The van der Waals surface area contributed by atoms with Crippen LogP contribution in [-0.2, 0) is 0 Å². The Morgan fingerprint density at radius 1 is 0.750 bits per heavy atom. The monoisotopic (exact) mass is 373 g/mol. The van der Waals surface area contributed by atoms with Crippen LogP contribution in [0, 0.1) is 22.7 Å². The molecule has 114 valence electrons. The van der Waals surface area contributed by atoms with E-state index in [1.807, 2.05) is 60.7 Å². The molecule has 0 spiro atoms. The number of nitrogen functional groups attached to an aromatic ring is 1. The Labute approximate surface area is 148 Å². The first-order chi connectivity index (χ1) is 11.7. The minimum atomic E-state index is 0.219. The number of nitrogens with two attached hydrogens (primary N) is 1. The summed E-state index contributed by atoms with van der Waals surface area (Å²) in [4.78, 5) is 0. The highest BCUT2D eigenvalue weighted by molar-refractivity contribution is 9.10. The predicted octanol–water partition coefficient (Wildman–Crippen LogP) is 5.11. The molecule has 0 saturated carbocycles. The van der Waals surface area contributed by atoms with Gasteiger partial charge in [0, 0.05) is 15.6 Å². The molecule has 0 aliphatic carbocycles. The van der Waals surface area contributed by atoms with E-state index in [-0.39, 0.29) is 5.69 Å². The van der Waals surface area contributed by atoms with E-state index in [0.717, 1.165) is 21.2 Å². The minimum Gasteiger partial charge on any atom is -0.397 e. The molecular formula is C20H12BrN3. The highest BCUT2D eigenvalue weighted by atomic mass is 79.9. The van der Waals surface area contributed by atoms with E-state index < -0.39 is 0 Å². The molecule has 3 nitrogen and oxygen atoms in total. The van der Waals surface area contributed by atoms with Gasteiger partial charge in [0.1, 0.15) is 12.1 Å². The van der Waals surface area contributed by atoms with E-state index >= 15 is 0 Å². The van der Waals surface area contributed by atoms with Crippen molar-refractivity contribution in [2.24, 2.45) is 0 Å². The molecule has 0 aliphatic rings.